The maximum absolute atomic E-state index is 13.4. The number of hydrogen-bond donors (Lipinski definition) is 1. The number of sulfonamides is 1. The summed E-state index contributed by atoms with van der Waals surface area (Å²) < 4.78 is 54.9. The van der Waals surface area contributed by atoms with E-state index in [1.165, 1.54) is 17.7 Å². The molecule has 8 heteroatoms. The number of benzene rings is 2. The number of anilines is 2. The first-order chi connectivity index (χ1) is 14.8. The third-order valence-corrected chi connectivity index (χ3v) is 7.53. The molecule has 0 bridgehead atoms. The van der Waals surface area contributed by atoms with Crippen LogP contribution in [0.3, 0.4) is 0 Å². The Hall–Kier alpha value is -2.19. The average Bonchev–Trinajstić information content (AvgIpc) is 3.35. The summed E-state index contributed by atoms with van der Waals surface area (Å²) in [5.41, 5.74) is 2.35. The predicted molar refractivity (Wildman–Crippen MR) is 120 cm³/mol. The molecule has 2 aliphatic heterocycles. The Balaban J connectivity index is 1.39. The minimum absolute atomic E-state index is 0.109. The highest BCUT2D eigenvalue weighted by Crippen LogP contribution is 2.32. The number of hydrogen-bond acceptors (Lipinski definition) is 4. The van der Waals surface area contributed by atoms with Crippen LogP contribution in [0.5, 0.6) is 0 Å². The number of halogens is 2. The summed E-state index contributed by atoms with van der Waals surface area (Å²) in [4.78, 5) is 4.15. The monoisotopic (exact) mass is 449 g/mol. The maximum Gasteiger partial charge on any atom is 0.266 e. The van der Waals surface area contributed by atoms with Crippen molar-refractivity contribution in [2.45, 2.75) is 42.9 Å². The normalized spacial score (nSPS) is 21.5. The predicted octanol–water partition coefficient (Wildman–Crippen LogP) is 4.53. The van der Waals surface area contributed by atoms with Gasteiger partial charge in [0.25, 0.3) is 15.9 Å². The maximum atomic E-state index is 13.4. The first-order valence-electron chi connectivity index (χ1n) is 10.8. The van der Waals surface area contributed by atoms with Crippen LogP contribution < -0.4 is 9.62 Å². The van der Waals surface area contributed by atoms with E-state index in [1.807, 2.05) is 12.1 Å². The number of alkyl halides is 2. The van der Waals surface area contributed by atoms with E-state index in [2.05, 4.69) is 16.5 Å². The second-order valence-corrected chi connectivity index (χ2v) is 10.2. The molecule has 2 saturated heterocycles. The van der Waals surface area contributed by atoms with Gasteiger partial charge in [-0.3, -0.25) is 4.72 Å². The Morgan fingerprint density at radius 1 is 1.06 bits per heavy atom. The van der Waals surface area contributed by atoms with E-state index in [4.69, 9.17) is 0 Å². The third-order valence-electron chi connectivity index (χ3n) is 6.13. The van der Waals surface area contributed by atoms with Crippen molar-refractivity contribution in [3.63, 3.8) is 0 Å². The van der Waals surface area contributed by atoms with E-state index in [1.54, 1.807) is 29.2 Å². The van der Waals surface area contributed by atoms with Gasteiger partial charge in [-0.05, 0) is 73.8 Å². The fraction of sp³-hybridized carbons (Fsp3) is 0.478. The van der Waals surface area contributed by atoms with Gasteiger partial charge in [-0.2, -0.15) is 0 Å². The van der Waals surface area contributed by atoms with Gasteiger partial charge in [-0.25, -0.2) is 17.2 Å². The lowest BCUT2D eigenvalue weighted by atomic mass is 9.98. The van der Waals surface area contributed by atoms with Crippen LogP contribution in [0.4, 0.5) is 20.2 Å². The van der Waals surface area contributed by atoms with Crippen LogP contribution in [-0.4, -0.2) is 52.0 Å². The minimum Gasteiger partial charge on any atom is -0.365 e. The lowest BCUT2D eigenvalue weighted by molar-refractivity contribution is 0.0257. The Bertz CT molecular complexity index is 994. The smallest absolute Gasteiger partial charge is 0.266 e. The van der Waals surface area contributed by atoms with Crippen LogP contribution >= 0.6 is 0 Å². The number of nitrogens with zero attached hydrogens (tertiary/aromatic N) is 2. The third kappa shape index (κ3) is 5.18. The highest BCUT2D eigenvalue weighted by molar-refractivity contribution is 7.92. The zero-order valence-corrected chi connectivity index (χ0v) is 18.5. The van der Waals surface area contributed by atoms with Gasteiger partial charge >= 0.3 is 0 Å². The molecule has 2 aromatic rings. The summed E-state index contributed by atoms with van der Waals surface area (Å²) in [6.07, 6.45) is 2.10. The molecule has 0 amide bonds. The van der Waals surface area contributed by atoms with E-state index < -0.39 is 15.9 Å². The van der Waals surface area contributed by atoms with Crippen molar-refractivity contribution in [2.24, 2.45) is 0 Å². The van der Waals surface area contributed by atoms with Crippen molar-refractivity contribution in [2.75, 3.05) is 42.3 Å². The molecule has 0 aromatic heterocycles. The van der Waals surface area contributed by atoms with Crippen LogP contribution in [0.1, 0.15) is 37.7 Å². The largest absolute Gasteiger partial charge is 0.365 e. The average molecular weight is 450 g/mol. The first kappa shape index (κ1) is 22.0. The van der Waals surface area contributed by atoms with Crippen LogP contribution in [-0.2, 0) is 10.0 Å². The van der Waals surface area contributed by atoms with Gasteiger partial charge in [0.2, 0.25) is 0 Å². The summed E-state index contributed by atoms with van der Waals surface area (Å²) in [7, 11) is -3.75. The first-order valence-corrected chi connectivity index (χ1v) is 12.3. The second-order valence-electron chi connectivity index (χ2n) is 8.54. The number of nitrogens with one attached hydrogen (secondary N) is 1. The summed E-state index contributed by atoms with van der Waals surface area (Å²) in [5.74, 6) is -2.20. The zero-order valence-electron chi connectivity index (χ0n) is 17.7. The van der Waals surface area contributed by atoms with Crippen molar-refractivity contribution in [1.29, 1.82) is 0 Å². The van der Waals surface area contributed by atoms with Crippen LogP contribution in [0.2, 0.25) is 0 Å². The molecule has 4 rings (SSSR count). The van der Waals surface area contributed by atoms with Crippen molar-refractivity contribution >= 4 is 21.4 Å². The highest BCUT2D eigenvalue weighted by atomic mass is 32.2. The van der Waals surface area contributed by atoms with E-state index >= 15 is 0 Å². The van der Waals surface area contributed by atoms with Crippen molar-refractivity contribution < 1.29 is 17.2 Å². The SMILES string of the molecule is CCCN1CC[C@@H](c2ccc(NS(=O)(=O)c3ccc(N4CCC(F)(F)C4)cc3)cc2)C1. The lowest BCUT2D eigenvalue weighted by Crippen LogP contribution is -2.24. The van der Waals surface area contributed by atoms with Gasteiger partial charge in [-0.1, -0.05) is 19.1 Å². The molecule has 1 atom stereocenters. The van der Waals surface area contributed by atoms with Gasteiger partial charge in [0.15, 0.2) is 0 Å². The van der Waals surface area contributed by atoms with Crippen LogP contribution in [0.15, 0.2) is 53.4 Å². The molecule has 0 saturated carbocycles. The van der Waals surface area contributed by atoms with Gasteiger partial charge in [0.05, 0.1) is 11.4 Å². The van der Waals surface area contributed by atoms with E-state index in [0.717, 1.165) is 32.5 Å². The number of likely N-dealkylation sites (tertiary alicyclic amines) is 1. The molecule has 1 N–H and O–H groups in total. The fourth-order valence-electron chi connectivity index (χ4n) is 4.45. The summed E-state index contributed by atoms with van der Waals surface area (Å²) >= 11 is 0. The Morgan fingerprint density at radius 3 is 2.39 bits per heavy atom. The summed E-state index contributed by atoms with van der Waals surface area (Å²) in [5, 5.41) is 0. The Morgan fingerprint density at radius 2 is 1.77 bits per heavy atom. The standard InChI is InChI=1S/C23H29F2N3O2S/c1-2-13-27-14-11-19(16-27)18-3-5-20(6-4-18)26-31(29,30)22-9-7-21(8-10-22)28-15-12-23(24,25)17-28/h3-10,19,26H,2,11-17H2,1H3/t19-/m1/s1. The molecule has 0 aliphatic carbocycles. The molecular weight excluding hydrogens is 420 g/mol. The summed E-state index contributed by atoms with van der Waals surface area (Å²) in [6, 6.07) is 13.7. The van der Waals surface area contributed by atoms with Gasteiger partial charge in [-0.15, -0.1) is 0 Å². The molecule has 0 spiro atoms. The molecule has 31 heavy (non-hydrogen) atoms. The fourth-order valence-corrected chi connectivity index (χ4v) is 5.51. The quantitative estimate of drug-likeness (QED) is 0.675. The highest BCUT2D eigenvalue weighted by Gasteiger charge is 2.38. The molecule has 168 valence electrons. The topological polar surface area (TPSA) is 52.7 Å². The molecule has 2 fully saturated rings. The number of rotatable bonds is 7. The van der Waals surface area contributed by atoms with Gasteiger partial charge < -0.3 is 9.80 Å². The second kappa shape index (κ2) is 8.74. The lowest BCUT2D eigenvalue weighted by Gasteiger charge is -2.18. The Labute approximate surface area is 183 Å². The van der Waals surface area contributed by atoms with E-state index in [9.17, 15) is 17.2 Å². The molecule has 2 aromatic carbocycles. The molecule has 0 radical (unpaired) electrons. The molecule has 5 nitrogen and oxygen atoms in total. The Kier molecular flexibility index (Phi) is 6.21. The van der Waals surface area contributed by atoms with Crippen LogP contribution in [0, 0.1) is 0 Å². The molecule has 0 unspecified atom stereocenters. The van der Waals surface area contributed by atoms with Crippen molar-refractivity contribution in [1.82, 2.24) is 4.90 Å². The van der Waals surface area contributed by atoms with Crippen molar-refractivity contribution in [3.05, 3.63) is 54.1 Å². The minimum atomic E-state index is -3.75. The van der Waals surface area contributed by atoms with Gasteiger partial charge in [0, 0.05) is 30.9 Å². The molecule has 2 heterocycles. The van der Waals surface area contributed by atoms with Gasteiger partial charge in [0.1, 0.15) is 0 Å². The molecular formula is C23H29F2N3O2S. The zero-order chi connectivity index (χ0) is 22.1. The summed E-state index contributed by atoms with van der Waals surface area (Å²) in [6.45, 7) is 5.40. The molecule has 2 aliphatic rings. The van der Waals surface area contributed by atoms with E-state index in [-0.39, 0.29) is 24.4 Å². The van der Waals surface area contributed by atoms with Crippen molar-refractivity contribution in [3.8, 4) is 0 Å². The van der Waals surface area contributed by atoms with Crippen LogP contribution in [0.25, 0.3) is 0 Å². The van der Waals surface area contributed by atoms with E-state index in [0.29, 0.717) is 17.3 Å².